The Morgan fingerprint density at radius 1 is 1.44 bits per heavy atom. The Morgan fingerprint density at radius 3 is 2.81 bits per heavy atom. The molecule has 84 valence electrons. The van der Waals surface area contributed by atoms with Gasteiger partial charge in [0, 0.05) is 12.1 Å². The standard InChI is InChI=1S/C11H12BrN3O/c1-16-10-5-3-2-4-9(10)15-11(12)8(6-13)7-14-15/h2-5,7H,6,13H2,1H3. The lowest BCUT2D eigenvalue weighted by Gasteiger charge is -2.09. The first-order valence-corrected chi connectivity index (χ1v) is 5.63. The van der Waals surface area contributed by atoms with Crippen LogP contribution < -0.4 is 10.5 Å². The highest BCUT2D eigenvalue weighted by Gasteiger charge is 2.11. The van der Waals surface area contributed by atoms with E-state index >= 15 is 0 Å². The van der Waals surface area contributed by atoms with E-state index in [1.54, 1.807) is 18.0 Å². The highest BCUT2D eigenvalue weighted by molar-refractivity contribution is 9.10. The molecule has 0 aliphatic heterocycles. The van der Waals surface area contributed by atoms with Gasteiger partial charge in [-0.25, -0.2) is 4.68 Å². The Hall–Kier alpha value is -1.33. The quantitative estimate of drug-likeness (QED) is 0.938. The van der Waals surface area contributed by atoms with Crippen LogP contribution in [0.1, 0.15) is 5.56 Å². The minimum Gasteiger partial charge on any atom is -0.494 e. The summed E-state index contributed by atoms with van der Waals surface area (Å²) in [5.74, 6) is 0.773. The van der Waals surface area contributed by atoms with Crippen molar-refractivity contribution in [2.75, 3.05) is 7.11 Å². The van der Waals surface area contributed by atoms with Gasteiger partial charge in [-0.2, -0.15) is 5.10 Å². The molecule has 0 radical (unpaired) electrons. The zero-order valence-electron chi connectivity index (χ0n) is 8.85. The number of benzene rings is 1. The fourth-order valence-corrected chi connectivity index (χ4v) is 2.02. The Labute approximate surface area is 102 Å². The maximum absolute atomic E-state index is 5.60. The van der Waals surface area contributed by atoms with Crippen molar-refractivity contribution in [3.05, 3.63) is 40.6 Å². The van der Waals surface area contributed by atoms with Crippen LogP contribution in [-0.2, 0) is 6.54 Å². The zero-order chi connectivity index (χ0) is 11.5. The van der Waals surface area contributed by atoms with E-state index in [1.165, 1.54) is 0 Å². The molecule has 0 spiro atoms. The largest absolute Gasteiger partial charge is 0.494 e. The molecule has 0 bridgehead atoms. The third kappa shape index (κ3) is 1.83. The minimum atomic E-state index is 0.454. The van der Waals surface area contributed by atoms with E-state index in [2.05, 4.69) is 21.0 Å². The lowest BCUT2D eigenvalue weighted by molar-refractivity contribution is 0.411. The number of methoxy groups -OCH3 is 1. The van der Waals surface area contributed by atoms with E-state index in [9.17, 15) is 0 Å². The Bertz CT molecular complexity index is 496. The second kappa shape index (κ2) is 4.67. The van der Waals surface area contributed by atoms with Crippen molar-refractivity contribution >= 4 is 15.9 Å². The summed E-state index contributed by atoms with van der Waals surface area (Å²) in [6.07, 6.45) is 1.75. The van der Waals surface area contributed by atoms with Crippen LogP contribution in [0, 0.1) is 0 Å². The molecule has 0 atom stereocenters. The molecule has 1 aromatic heterocycles. The smallest absolute Gasteiger partial charge is 0.144 e. The average Bonchev–Trinajstić information content (AvgIpc) is 2.70. The first-order chi connectivity index (χ1) is 7.77. The number of aromatic nitrogens is 2. The molecule has 0 saturated carbocycles. The lowest BCUT2D eigenvalue weighted by Crippen LogP contribution is -2.01. The molecule has 0 amide bonds. The minimum absolute atomic E-state index is 0.454. The molecule has 1 aromatic carbocycles. The topological polar surface area (TPSA) is 53.1 Å². The van der Waals surface area contributed by atoms with Crippen molar-refractivity contribution in [3.8, 4) is 11.4 Å². The molecule has 4 nitrogen and oxygen atoms in total. The molecule has 0 aliphatic rings. The van der Waals surface area contributed by atoms with Crippen LogP contribution >= 0.6 is 15.9 Å². The predicted octanol–water partition coefficient (Wildman–Crippen LogP) is 2.10. The first kappa shape index (κ1) is 11.2. The summed E-state index contributed by atoms with van der Waals surface area (Å²) in [6, 6.07) is 7.69. The van der Waals surface area contributed by atoms with Gasteiger partial charge in [-0.3, -0.25) is 0 Å². The van der Waals surface area contributed by atoms with Crippen LogP contribution in [0.5, 0.6) is 5.75 Å². The number of ether oxygens (including phenoxy) is 1. The Kier molecular flexibility index (Phi) is 3.26. The van der Waals surface area contributed by atoms with Crippen LogP contribution in [0.25, 0.3) is 5.69 Å². The maximum atomic E-state index is 5.60. The lowest BCUT2D eigenvalue weighted by atomic mass is 10.3. The van der Waals surface area contributed by atoms with Crippen molar-refractivity contribution in [1.29, 1.82) is 0 Å². The number of rotatable bonds is 3. The summed E-state index contributed by atoms with van der Waals surface area (Å²) in [5.41, 5.74) is 7.45. The summed E-state index contributed by atoms with van der Waals surface area (Å²) >= 11 is 3.48. The van der Waals surface area contributed by atoms with Crippen molar-refractivity contribution in [2.45, 2.75) is 6.54 Å². The predicted molar refractivity (Wildman–Crippen MR) is 65.7 cm³/mol. The molecule has 0 aliphatic carbocycles. The van der Waals surface area contributed by atoms with E-state index in [1.807, 2.05) is 24.3 Å². The zero-order valence-corrected chi connectivity index (χ0v) is 10.4. The normalized spacial score (nSPS) is 10.4. The third-order valence-electron chi connectivity index (χ3n) is 2.31. The summed E-state index contributed by atoms with van der Waals surface area (Å²) in [7, 11) is 1.64. The molecule has 0 saturated heterocycles. The van der Waals surface area contributed by atoms with Crippen molar-refractivity contribution in [3.63, 3.8) is 0 Å². The van der Waals surface area contributed by atoms with Crippen LogP contribution in [-0.4, -0.2) is 16.9 Å². The van der Waals surface area contributed by atoms with Gasteiger partial charge in [0.2, 0.25) is 0 Å². The number of hydrogen-bond acceptors (Lipinski definition) is 3. The average molecular weight is 282 g/mol. The molecule has 5 heteroatoms. The van der Waals surface area contributed by atoms with Gasteiger partial charge in [0.1, 0.15) is 16.0 Å². The highest BCUT2D eigenvalue weighted by Crippen LogP contribution is 2.26. The van der Waals surface area contributed by atoms with E-state index in [0.29, 0.717) is 6.54 Å². The number of nitrogens with two attached hydrogens (primary N) is 1. The molecule has 0 unspecified atom stereocenters. The van der Waals surface area contributed by atoms with Gasteiger partial charge in [0.25, 0.3) is 0 Å². The van der Waals surface area contributed by atoms with Crippen LogP contribution in [0.4, 0.5) is 0 Å². The van der Waals surface area contributed by atoms with Gasteiger partial charge in [-0.1, -0.05) is 12.1 Å². The Balaban J connectivity index is 2.54. The fraction of sp³-hybridized carbons (Fsp3) is 0.182. The molecule has 1 heterocycles. The van der Waals surface area contributed by atoms with E-state index in [4.69, 9.17) is 10.5 Å². The Morgan fingerprint density at radius 2 is 2.19 bits per heavy atom. The molecule has 2 N–H and O–H groups in total. The fourth-order valence-electron chi connectivity index (χ4n) is 1.48. The third-order valence-corrected chi connectivity index (χ3v) is 3.16. The van der Waals surface area contributed by atoms with Crippen molar-refractivity contribution < 1.29 is 4.74 Å². The van der Waals surface area contributed by atoms with E-state index in [-0.39, 0.29) is 0 Å². The molecule has 0 fully saturated rings. The van der Waals surface area contributed by atoms with Gasteiger partial charge in [0.05, 0.1) is 13.3 Å². The summed E-state index contributed by atoms with van der Waals surface area (Å²) < 4.78 is 7.91. The molecule has 16 heavy (non-hydrogen) atoms. The van der Waals surface area contributed by atoms with Crippen molar-refractivity contribution in [1.82, 2.24) is 9.78 Å². The SMILES string of the molecule is COc1ccccc1-n1ncc(CN)c1Br. The van der Waals surface area contributed by atoms with Gasteiger partial charge < -0.3 is 10.5 Å². The summed E-state index contributed by atoms with van der Waals surface area (Å²) in [6.45, 7) is 0.454. The maximum Gasteiger partial charge on any atom is 0.144 e. The highest BCUT2D eigenvalue weighted by atomic mass is 79.9. The van der Waals surface area contributed by atoms with E-state index in [0.717, 1.165) is 21.6 Å². The first-order valence-electron chi connectivity index (χ1n) is 4.83. The monoisotopic (exact) mass is 281 g/mol. The number of hydrogen-bond donors (Lipinski definition) is 1. The number of nitrogens with zero attached hydrogens (tertiary/aromatic N) is 2. The van der Waals surface area contributed by atoms with E-state index < -0.39 is 0 Å². The van der Waals surface area contributed by atoms with Crippen molar-refractivity contribution in [2.24, 2.45) is 5.73 Å². The number of halogens is 1. The number of para-hydroxylation sites is 2. The molecular weight excluding hydrogens is 270 g/mol. The van der Waals surface area contributed by atoms with Crippen LogP contribution in [0.2, 0.25) is 0 Å². The van der Waals surface area contributed by atoms with Crippen LogP contribution in [0.3, 0.4) is 0 Å². The molecular formula is C11H12BrN3O. The summed E-state index contributed by atoms with van der Waals surface area (Å²) in [5, 5.41) is 4.28. The molecule has 2 rings (SSSR count). The van der Waals surface area contributed by atoms with Crippen LogP contribution in [0.15, 0.2) is 35.1 Å². The van der Waals surface area contributed by atoms with Gasteiger partial charge >= 0.3 is 0 Å². The molecule has 2 aromatic rings. The second-order valence-electron chi connectivity index (χ2n) is 3.25. The van der Waals surface area contributed by atoms with Gasteiger partial charge in [-0.15, -0.1) is 0 Å². The summed E-state index contributed by atoms with van der Waals surface area (Å²) in [4.78, 5) is 0. The second-order valence-corrected chi connectivity index (χ2v) is 4.00. The van der Waals surface area contributed by atoms with Gasteiger partial charge in [-0.05, 0) is 28.1 Å². The van der Waals surface area contributed by atoms with Gasteiger partial charge in [0.15, 0.2) is 0 Å².